The molecule has 1 heterocycles. The molecule has 0 spiro atoms. The van der Waals surface area contributed by atoms with Crippen LogP contribution < -0.4 is 5.32 Å². The van der Waals surface area contributed by atoms with Gasteiger partial charge < -0.3 is 10.2 Å². The van der Waals surface area contributed by atoms with E-state index in [1.807, 2.05) is 35.2 Å². The van der Waals surface area contributed by atoms with Crippen LogP contribution in [0.1, 0.15) is 44.6 Å². The highest BCUT2D eigenvalue weighted by Gasteiger charge is 2.20. The topological polar surface area (TPSA) is 49.4 Å². The lowest BCUT2D eigenvalue weighted by molar-refractivity contribution is -0.132. The molecule has 0 aromatic heterocycles. The molecular weight excluding hydrogens is 288 g/mol. The van der Waals surface area contributed by atoms with Crippen molar-refractivity contribution < 1.29 is 9.59 Å². The summed E-state index contributed by atoms with van der Waals surface area (Å²) in [6.45, 7) is 3.99. The van der Waals surface area contributed by atoms with Gasteiger partial charge in [0, 0.05) is 13.1 Å². The monoisotopic (exact) mass is 316 g/mol. The average molecular weight is 316 g/mol. The van der Waals surface area contributed by atoms with Crippen LogP contribution in [0.5, 0.6) is 0 Å². The van der Waals surface area contributed by atoms with Crippen molar-refractivity contribution in [3.63, 3.8) is 0 Å². The van der Waals surface area contributed by atoms with E-state index in [0.717, 1.165) is 37.4 Å². The number of hydrogen-bond acceptors (Lipinski definition) is 2. The fourth-order valence-corrected chi connectivity index (χ4v) is 3.24. The molecule has 1 aromatic carbocycles. The molecule has 2 amide bonds. The normalized spacial score (nSPS) is 18.3. The van der Waals surface area contributed by atoms with Gasteiger partial charge in [-0.15, -0.1) is 0 Å². The van der Waals surface area contributed by atoms with Gasteiger partial charge >= 0.3 is 0 Å². The Morgan fingerprint density at radius 2 is 1.96 bits per heavy atom. The SMILES string of the molecule is CCC[C@H]1CCCN(C(=O)CNC(=O)Cc2ccccc2)CC1. The van der Waals surface area contributed by atoms with Gasteiger partial charge in [-0.3, -0.25) is 9.59 Å². The third-order valence-corrected chi connectivity index (χ3v) is 4.54. The van der Waals surface area contributed by atoms with Crippen LogP contribution in [0.2, 0.25) is 0 Å². The predicted molar refractivity (Wildman–Crippen MR) is 92.0 cm³/mol. The Hall–Kier alpha value is -1.84. The Labute approximate surface area is 139 Å². The Balaban J connectivity index is 1.72. The Kier molecular flexibility index (Phi) is 7.11. The number of benzene rings is 1. The molecule has 0 bridgehead atoms. The molecule has 4 heteroatoms. The van der Waals surface area contributed by atoms with Crippen LogP contribution in [-0.2, 0) is 16.0 Å². The smallest absolute Gasteiger partial charge is 0.241 e. The van der Waals surface area contributed by atoms with Gasteiger partial charge in [-0.1, -0.05) is 50.1 Å². The number of nitrogens with one attached hydrogen (secondary N) is 1. The van der Waals surface area contributed by atoms with Crippen molar-refractivity contribution in [3.8, 4) is 0 Å². The molecule has 1 fully saturated rings. The summed E-state index contributed by atoms with van der Waals surface area (Å²) in [6.07, 6.45) is 6.20. The number of carbonyl (C=O) groups is 2. The van der Waals surface area contributed by atoms with Crippen molar-refractivity contribution >= 4 is 11.8 Å². The Morgan fingerprint density at radius 1 is 1.17 bits per heavy atom. The van der Waals surface area contributed by atoms with E-state index in [-0.39, 0.29) is 18.4 Å². The molecule has 0 aliphatic carbocycles. The van der Waals surface area contributed by atoms with Gasteiger partial charge in [0.2, 0.25) is 11.8 Å². The number of rotatable bonds is 6. The van der Waals surface area contributed by atoms with Gasteiger partial charge in [-0.05, 0) is 30.7 Å². The van der Waals surface area contributed by atoms with E-state index in [1.54, 1.807) is 0 Å². The van der Waals surface area contributed by atoms with Gasteiger partial charge in [-0.25, -0.2) is 0 Å². The van der Waals surface area contributed by atoms with E-state index in [0.29, 0.717) is 6.42 Å². The molecule has 0 saturated carbocycles. The number of carbonyl (C=O) groups excluding carboxylic acids is 2. The fraction of sp³-hybridized carbons (Fsp3) is 0.579. The summed E-state index contributed by atoms with van der Waals surface area (Å²) in [5.41, 5.74) is 0.967. The Morgan fingerprint density at radius 3 is 2.70 bits per heavy atom. The highest BCUT2D eigenvalue weighted by molar-refractivity contribution is 5.85. The van der Waals surface area contributed by atoms with E-state index < -0.39 is 0 Å². The number of likely N-dealkylation sites (tertiary alicyclic amines) is 1. The summed E-state index contributed by atoms with van der Waals surface area (Å²) in [5, 5.41) is 2.75. The van der Waals surface area contributed by atoms with Gasteiger partial charge in [0.25, 0.3) is 0 Å². The van der Waals surface area contributed by atoms with Crippen LogP contribution in [0.15, 0.2) is 30.3 Å². The minimum absolute atomic E-state index is 0.0450. The second-order valence-corrected chi connectivity index (χ2v) is 6.41. The van der Waals surface area contributed by atoms with Crippen LogP contribution in [0.25, 0.3) is 0 Å². The van der Waals surface area contributed by atoms with Crippen molar-refractivity contribution in [2.45, 2.75) is 45.4 Å². The van der Waals surface area contributed by atoms with Gasteiger partial charge in [0.05, 0.1) is 13.0 Å². The van der Waals surface area contributed by atoms with Crippen molar-refractivity contribution in [2.75, 3.05) is 19.6 Å². The molecule has 1 atom stereocenters. The first kappa shape index (κ1) is 17.5. The fourth-order valence-electron chi connectivity index (χ4n) is 3.24. The van der Waals surface area contributed by atoms with E-state index in [2.05, 4.69) is 12.2 Å². The van der Waals surface area contributed by atoms with Gasteiger partial charge in [0.1, 0.15) is 0 Å². The van der Waals surface area contributed by atoms with Crippen molar-refractivity contribution in [3.05, 3.63) is 35.9 Å². The van der Waals surface area contributed by atoms with Gasteiger partial charge in [0.15, 0.2) is 0 Å². The minimum atomic E-state index is -0.0942. The molecular formula is C19H28N2O2. The molecule has 1 saturated heterocycles. The van der Waals surface area contributed by atoms with E-state index >= 15 is 0 Å². The average Bonchev–Trinajstić information content (AvgIpc) is 2.80. The molecule has 1 aliphatic heterocycles. The van der Waals surface area contributed by atoms with Crippen LogP contribution >= 0.6 is 0 Å². The molecule has 1 N–H and O–H groups in total. The first-order valence-electron chi connectivity index (χ1n) is 8.77. The molecule has 1 aromatic rings. The highest BCUT2D eigenvalue weighted by atomic mass is 16.2. The Bertz CT molecular complexity index is 501. The second kappa shape index (κ2) is 9.33. The predicted octanol–water partition coefficient (Wildman–Crippen LogP) is 2.77. The molecule has 2 rings (SSSR count). The number of nitrogens with zero attached hydrogens (tertiary/aromatic N) is 1. The zero-order valence-electron chi connectivity index (χ0n) is 14.1. The first-order valence-corrected chi connectivity index (χ1v) is 8.77. The van der Waals surface area contributed by atoms with Crippen LogP contribution in [-0.4, -0.2) is 36.3 Å². The molecule has 1 aliphatic rings. The summed E-state index contributed by atoms with van der Waals surface area (Å²) >= 11 is 0. The zero-order chi connectivity index (χ0) is 16.5. The quantitative estimate of drug-likeness (QED) is 0.877. The third kappa shape index (κ3) is 6.05. The first-order chi connectivity index (χ1) is 11.2. The maximum atomic E-state index is 12.3. The minimum Gasteiger partial charge on any atom is -0.347 e. The van der Waals surface area contributed by atoms with Crippen molar-refractivity contribution in [1.29, 1.82) is 0 Å². The lowest BCUT2D eigenvalue weighted by Crippen LogP contribution is -2.41. The molecule has 0 radical (unpaired) electrons. The second-order valence-electron chi connectivity index (χ2n) is 6.41. The van der Waals surface area contributed by atoms with Crippen molar-refractivity contribution in [2.24, 2.45) is 5.92 Å². The zero-order valence-corrected chi connectivity index (χ0v) is 14.1. The highest BCUT2D eigenvalue weighted by Crippen LogP contribution is 2.21. The number of amides is 2. The molecule has 126 valence electrons. The third-order valence-electron chi connectivity index (χ3n) is 4.54. The maximum Gasteiger partial charge on any atom is 0.241 e. The van der Waals surface area contributed by atoms with E-state index in [4.69, 9.17) is 0 Å². The summed E-state index contributed by atoms with van der Waals surface area (Å²) < 4.78 is 0. The number of hydrogen-bond donors (Lipinski definition) is 1. The van der Waals surface area contributed by atoms with Crippen LogP contribution in [0.4, 0.5) is 0 Å². The summed E-state index contributed by atoms with van der Waals surface area (Å²) in [6, 6.07) is 9.60. The van der Waals surface area contributed by atoms with Gasteiger partial charge in [-0.2, -0.15) is 0 Å². The largest absolute Gasteiger partial charge is 0.347 e. The van der Waals surface area contributed by atoms with Crippen LogP contribution in [0.3, 0.4) is 0 Å². The lowest BCUT2D eigenvalue weighted by atomic mass is 9.96. The van der Waals surface area contributed by atoms with E-state index in [9.17, 15) is 9.59 Å². The summed E-state index contributed by atoms with van der Waals surface area (Å²) in [7, 11) is 0. The standard InChI is InChI=1S/C19H28N2O2/c1-2-7-16-10-6-12-21(13-11-16)19(23)15-20-18(22)14-17-8-4-3-5-9-17/h3-5,8-9,16H,2,6-7,10-15H2,1H3,(H,20,22)/t16-/m0/s1. The molecule has 23 heavy (non-hydrogen) atoms. The van der Waals surface area contributed by atoms with E-state index in [1.165, 1.54) is 19.3 Å². The lowest BCUT2D eigenvalue weighted by Gasteiger charge is -2.21. The molecule has 4 nitrogen and oxygen atoms in total. The maximum absolute atomic E-state index is 12.3. The molecule has 0 unspecified atom stereocenters. The summed E-state index contributed by atoms with van der Waals surface area (Å²) in [5.74, 6) is 0.706. The van der Waals surface area contributed by atoms with Crippen LogP contribution in [0, 0.1) is 5.92 Å². The van der Waals surface area contributed by atoms with Crippen molar-refractivity contribution in [1.82, 2.24) is 10.2 Å². The summed E-state index contributed by atoms with van der Waals surface area (Å²) in [4.78, 5) is 26.1.